The molecule has 5 rings (SSSR count). The molecule has 3 heterocycles. The first kappa shape index (κ1) is 73.9. The number of benzene rings is 2. The number of carbonyl (C=O) groups is 10. The number of aliphatic hydroxyl groups is 1. The molecule has 3 aliphatic heterocycles. The summed E-state index contributed by atoms with van der Waals surface area (Å²) < 4.78 is 35.0. The number of unbranched alkanes of at least 4 members (excludes halogenated alkanes) is 1. The van der Waals surface area contributed by atoms with Crippen molar-refractivity contribution in [3.63, 3.8) is 0 Å². The van der Waals surface area contributed by atoms with Crippen molar-refractivity contribution < 1.29 is 81.5 Å². The van der Waals surface area contributed by atoms with Crippen LogP contribution in [0.5, 0.6) is 5.75 Å². The number of ketones is 1. The highest BCUT2D eigenvalue weighted by atomic mass is 35.5. The number of alkyl carbamates (subject to hydrolysis) is 1. The molecule has 4 bridgehead atoms. The quantitative estimate of drug-likeness (QED) is 0.0247. The Balaban J connectivity index is 1.20. The maximum Gasteiger partial charge on any atom is 0.409 e. The monoisotopic (exact) mass is 1290 g/mol. The molecule has 2 aromatic rings. The van der Waals surface area contributed by atoms with Gasteiger partial charge in [0.25, 0.3) is 0 Å². The Morgan fingerprint density at radius 1 is 0.945 bits per heavy atom. The van der Waals surface area contributed by atoms with Gasteiger partial charge in [-0.3, -0.25) is 34.1 Å². The summed E-state index contributed by atoms with van der Waals surface area (Å²) in [6.45, 7) is 13.7. The van der Waals surface area contributed by atoms with Gasteiger partial charge in [0, 0.05) is 84.5 Å². The van der Waals surface area contributed by atoms with Crippen molar-refractivity contribution in [1.82, 2.24) is 31.1 Å². The number of Topliss-reactive ketones (excluding diaryl/α,β-unsaturated/α-hetero) is 1. The number of fused-ring (bicyclic) bond motifs is 5. The topological polar surface area (TPSA) is 346 Å². The zero-order chi connectivity index (χ0) is 67.7. The maximum absolute atomic E-state index is 14.4. The first-order valence-electron chi connectivity index (χ1n) is 30.6. The summed E-state index contributed by atoms with van der Waals surface area (Å²) in [7, 11) is 7.21. The number of primary amides is 1. The molecule has 3 aliphatic rings. The summed E-state index contributed by atoms with van der Waals surface area (Å²) in [5, 5.41) is 25.3. The number of methoxy groups -OCH3 is 2. The van der Waals surface area contributed by atoms with E-state index in [4.69, 9.17) is 45.8 Å². The van der Waals surface area contributed by atoms with Crippen molar-refractivity contribution in [3.05, 3.63) is 76.3 Å². The van der Waals surface area contributed by atoms with Gasteiger partial charge in [-0.05, 0) is 94.2 Å². The molecule has 0 radical (unpaired) electrons. The lowest BCUT2D eigenvalue weighted by atomic mass is 9.83. The van der Waals surface area contributed by atoms with E-state index in [9.17, 15) is 53.1 Å². The standard InChI is InChI=1S/C64H92ClN9O17/c1-36(2)46(75)20-14-15-22-51(76)70-55(37(3)4)58(80)69-44(19-17-28-67-60(66)82)57(79)68-43-25-23-41(24-26-43)35-88-62(84)72(9)29-27-52(77)73(10)40(7)59(81)90-50-33-53(78)74(11)45-31-42(32-47(86-12)54(45)65)30-38(5)18-16-21-49(87-13)64(85)34-48(89-61(83)71-64)39(6)56-63(50,8)91-56/h16,18,21,23-26,31-32,36-37,39-40,44,48-50,55-56,85H,14-15,17,19-20,22,27-30,33-35H2,1-13H3,(H,68,79)(H,69,80)(H,70,76)(H,71,83)(H3,66,67,82)/b21-16+,38-18+/t39-,40+,44+,48+,49-,50+,55+,56+,63+,64+/m1/s1. The average molecular weight is 1290 g/mol. The number of epoxide rings is 1. The Hall–Kier alpha value is -7.81. The molecule has 502 valence electrons. The number of esters is 1. The number of anilines is 2. The number of nitrogens with one attached hydrogen (secondary N) is 5. The number of allylic oxidation sites excluding steroid dienone is 3. The second-order valence-corrected chi connectivity index (χ2v) is 24.8. The molecule has 2 saturated heterocycles. The van der Waals surface area contributed by atoms with Gasteiger partial charge in [0.1, 0.15) is 65.2 Å². The summed E-state index contributed by atoms with van der Waals surface area (Å²) in [5.41, 5.74) is 4.78. The van der Waals surface area contributed by atoms with E-state index in [0.717, 1.165) is 16.0 Å². The first-order chi connectivity index (χ1) is 42.8. The third kappa shape index (κ3) is 20.9. The minimum atomic E-state index is -1.91. The van der Waals surface area contributed by atoms with Gasteiger partial charge in [-0.25, -0.2) is 19.2 Å². The largest absolute Gasteiger partial charge is 0.495 e. The lowest BCUT2D eigenvalue weighted by Gasteiger charge is -2.42. The summed E-state index contributed by atoms with van der Waals surface area (Å²) in [4.78, 5) is 136. The van der Waals surface area contributed by atoms with Gasteiger partial charge >= 0.3 is 24.2 Å². The second-order valence-electron chi connectivity index (χ2n) is 24.4. The van der Waals surface area contributed by atoms with Gasteiger partial charge in [-0.15, -0.1) is 0 Å². The minimum absolute atomic E-state index is 0.0948. The van der Waals surface area contributed by atoms with E-state index in [1.807, 2.05) is 26.8 Å². The van der Waals surface area contributed by atoms with Crippen LogP contribution >= 0.6 is 11.6 Å². The molecule has 0 unspecified atom stereocenters. The van der Waals surface area contributed by atoms with Gasteiger partial charge in [0.05, 0.1) is 25.3 Å². The van der Waals surface area contributed by atoms with Crippen molar-refractivity contribution >= 4 is 82.5 Å². The van der Waals surface area contributed by atoms with Crippen LogP contribution in [-0.4, -0.2) is 177 Å². The number of nitrogens with zero attached hydrogens (tertiary/aromatic N) is 3. The van der Waals surface area contributed by atoms with E-state index in [2.05, 4.69) is 26.6 Å². The van der Waals surface area contributed by atoms with Gasteiger partial charge in [0.2, 0.25) is 29.5 Å². The number of hydrogen-bond donors (Lipinski definition) is 7. The third-order valence-electron chi connectivity index (χ3n) is 16.7. The van der Waals surface area contributed by atoms with E-state index >= 15 is 0 Å². The smallest absolute Gasteiger partial charge is 0.409 e. The normalized spacial score (nSPS) is 23.5. The molecule has 8 N–H and O–H groups in total. The number of halogens is 1. The molecule has 0 aromatic heterocycles. The number of carbonyl (C=O) groups excluding carboxylic acids is 10. The fraction of sp³-hybridized carbons (Fsp3) is 0.594. The fourth-order valence-electron chi connectivity index (χ4n) is 10.6. The number of hydrogen-bond acceptors (Lipinski definition) is 17. The molecule has 2 fully saturated rings. The number of rotatable bonds is 26. The molecular weight excluding hydrogens is 1200 g/mol. The molecule has 9 amide bonds. The van der Waals surface area contributed by atoms with E-state index in [1.54, 1.807) is 76.2 Å². The highest BCUT2D eigenvalue weighted by molar-refractivity contribution is 6.35. The van der Waals surface area contributed by atoms with Crippen LogP contribution < -0.4 is 42.0 Å². The van der Waals surface area contributed by atoms with Crippen LogP contribution in [0.1, 0.15) is 124 Å². The Bertz CT molecular complexity index is 3020. The van der Waals surface area contributed by atoms with E-state index < -0.39 is 114 Å². The summed E-state index contributed by atoms with van der Waals surface area (Å²) in [5.74, 6) is -4.12. The Kier molecular flexibility index (Phi) is 27.2. The van der Waals surface area contributed by atoms with Gasteiger partial charge in [-0.1, -0.05) is 82.2 Å². The summed E-state index contributed by atoms with van der Waals surface area (Å²) >= 11 is 6.84. The highest BCUT2D eigenvalue weighted by Gasteiger charge is 2.64. The predicted octanol–water partition coefficient (Wildman–Crippen LogP) is 5.97. The molecule has 26 nitrogen and oxygen atoms in total. The van der Waals surface area contributed by atoms with Crippen LogP contribution in [0.3, 0.4) is 0 Å². The van der Waals surface area contributed by atoms with Gasteiger partial charge < -0.3 is 75.2 Å². The van der Waals surface area contributed by atoms with Crippen LogP contribution in [0.4, 0.5) is 25.8 Å². The van der Waals surface area contributed by atoms with Crippen LogP contribution in [0.15, 0.2) is 60.2 Å². The van der Waals surface area contributed by atoms with E-state index in [1.165, 1.54) is 52.1 Å². The molecule has 27 heteroatoms. The SMILES string of the molecule is COc1cc2cc(c1Cl)N(C)C(=O)C[C@H](OC(=O)[C@H](C)N(C)C(=O)CCN(C)C(=O)OCc1ccc(NC(=O)[C@H](CCCNC(N)=O)NC(=O)[C@@H](NC(=O)CCCCC(=O)C(C)C)C(C)C)cc1)[C@]1(C)O[C@H]1[C@H](C)[C@@H]1C[C@@](O)(NC(=O)O1)[C@H](OC)/C=C/C=C(\C)C2. The lowest BCUT2D eigenvalue weighted by Crippen LogP contribution is -2.63. The van der Waals surface area contributed by atoms with Crippen LogP contribution in [-0.2, 0) is 70.3 Å². The van der Waals surface area contributed by atoms with Crippen LogP contribution in [0, 0.1) is 17.8 Å². The van der Waals surface area contributed by atoms with Crippen molar-refractivity contribution in [2.24, 2.45) is 23.5 Å². The Morgan fingerprint density at radius 3 is 2.26 bits per heavy atom. The van der Waals surface area contributed by atoms with Gasteiger partial charge in [-0.2, -0.15) is 0 Å². The van der Waals surface area contributed by atoms with Crippen LogP contribution in [0.2, 0.25) is 5.02 Å². The molecule has 2 aromatic carbocycles. The molecular formula is C64H92ClN9O17. The lowest BCUT2D eigenvalue weighted by molar-refractivity contribution is -0.162. The second kappa shape index (κ2) is 33.5. The summed E-state index contributed by atoms with van der Waals surface area (Å²) in [6.07, 6.45) is 0.926. The average Bonchev–Trinajstić information content (AvgIpc) is 1.58. The first-order valence-corrected chi connectivity index (χ1v) is 31.0. The number of urea groups is 1. The zero-order valence-corrected chi connectivity index (χ0v) is 55.2. The highest BCUT2D eigenvalue weighted by Crippen LogP contribution is 2.49. The summed E-state index contributed by atoms with van der Waals surface area (Å²) in [6, 6.07) is 5.83. The number of nitrogens with two attached hydrogens (primary N) is 1. The van der Waals surface area contributed by atoms with Crippen molar-refractivity contribution in [2.45, 2.75) is 180 Å². The molecule has 0 saturated carbocycles. The van der Waals surface area contributed by atoms with Crippen molar-refractivity contribution in [3.8, 4) is 5.75 Å². The minimum Gasteiger partial charge on any atom is -0.495 e. The van der Waals surface area contributed by atoms with Crippen molar-refractivity contribution in [1.29, 1.82) is 0 Å². The molecule has 10 atom stereocenters. The van der Waals surface area contributed by atoms with Gasteiger partial charge in [0.15, 0.2) is 5.72 Å². The number of ether oxygens (including phenoxy) is 6. The number of likely N-dealkylation sites (N-methyl/N-ethyl adjacent to an activating group) is 1. The van der Waals surface area contributed by atoms with Crippen LogP contribution in [0.25, 0.3) is 0 Å². The van der Waals surface area contributed by atoms with Crippen molar-refractivity contribution in [2.75, 3.05) is 58.7 Å². The molecule has 0 aliphatic carbocycles. The third-order valence-corrected chi connectivity index (χ3v) is 17.0. The van der Waals surface area contributed by atoms with E-state index in [0.29, 0.717) is 48.4 Å². The molecule has 91 heavy (non-hydrogen) atoms. The zero-order valence-electron chi connectivity index (χ0n) is 54.4. The maximum atomic E-state index is 14.4. The fourth-order valence-corrected chi connectivity index (χ4v) is 10.9. The Labute approximate surface area is 537 Å². The predicted molar refractivity (Wildman–Crippen MR) is 337 cm³/mol. The molecule has 0 spiro atoms. The number of amides is 9. The Morgan fingerprint density at radius 2 is 1.63 bits per heavy atom. The van der Waals surface area contributed by atoms with E-state index in [-0.39, 0.29) is 80.3 Å².